The zero-order valence-electron chi connectivity index (χ0n) is 19.3. The quantitative estimate of drug-likeness (QED) is 0.550. The molecule has 3 N–H and O–H groups in total. The second-order valence-corrected chi connectivity index (χ2v) is 10.4. The third-order valence-corrected chi connectivity index (χ3v) is 8.76. The number of carboxylic acids is 1. The van der Waals surface area contributed by atoms with Crippen LogP contribution in [0.3, 0.4) is 0 Å². The van der Waals surface area contributed by atoms with E-state index in [2.05, 4.69) is 6.92 Å². The van der Waals surface area contributed by atoms with Crippen LogP contribution >= 0.6 is 0 Å². The number of Topliss-reactive ketones (excluding diaryl/α,β-unsaturated/α-hetero) is 1. The molecule has 9 heteroatoms. The summed E-state index contributed by atoms with van der Waals surface area (Å²) in [6.07, 6.45) is -3.48. The first kappa shape index (κ1) is 23.5. The van der Waals surface area contributed by atoms with Crippen LogP contribution in [0.2, 0.25) is 0 Å². The van der Waals surface area contributed by atoms with Crippen LogP contribution in [0, 0.1) is 17.3 Å². The zero-order chi connectivity index (χ0) is 24.4. The standard InChI is InChI=1S/C25H32O9/c1-25-8-7-12-13(15(25)5-6-18(25)26)4-3-11-9-17(16(32-2)10-14(11)12)33-24-21(29)19(27)20(28)22(34-24)23(30)31/h9-10,12-13,15,19-22,24,27-29H,3-8H2,1-2H3,(H,30,31)/p-1/t12-,13+,15-,19-,20-,21+,22-,24+,25-/m0/s1. The van der Waals surface area contributed by atoms with Crippen LogP contribution in [0.15, 0.2) is 12.1 Å². The lowest BCUT2D eigenvalue weighted by atomic mass is 9.55. The van der Waals surface area contributed by atoms with Gasteiger partial charge < -0.3 is 39.4 Å². The molecule has 1 saturated heterocycles. The van der Waals surface area contributed by atoms with Crippen LogP contribution in [0.5, 0.6) is 11.5 Å². The fraction of sp³-hybridized carbons (Fsp3) is 0.680. The Bertz CT molecular complexity index is 993. The fourth-order valence-corrected chi connectivity index (χ4v) is 6.87. The second kappa shape index (κ2) is 8.48. The molecule has 0 aromatic heterocycles. The first-order chi connectivity index (χ1) is 16.2. The Labute approximate surface area is 197 Å². The first-order valence-electron chi connectivity index (χ1n) is 12.0. The summed E-state index contributed by atoms with van der Waals surface area (Å²) in [5.41, 5.74) is 2.05. The largest absolute Gasteiger partial charge is 0.547 e. The molecule has 0 amide bonds. The summed E-state index contributed by atoms with van der Waals surface area (Å²) in [6, 6.07) is 3.75. The third kappa shape index (κ3) is 3.52. The van der Waals surface area contributed by atoms with Crippen molar-refractivity contribution in [1.29, 1.82) is 0 Å². The van der Waals surface area contributed by atoms with Crippen LogP contribution in [0.4, 0.5) is 0 Å². The van der Waals surface area contributed by atoms with Gasteiger partial charge in [0, 0.05) is 11.8 Å². The number of hydrogen-bond acceptors (Lipinski definition) is 9. The Morgan fingerprint density at radius 1 is 1.09 bits per heavy atom. The van der Waals surface area contributed by atoms with Crippen molar-refractivity contribution in [3.05, 3.63) is 23.3 Å². The molecular formula is C25H31O9-. The van der Waals surface area contributed by atoms with Crippen molar-refractivity contribution in [2.75, 3.05) is 7.11 Å². The van der Waals surface area contributed by atoms with Gasteiger partial charge in [-0.25, -0.2) is 0 Å². The van der Waals surface area contributed by atoms with E-state index in [1.807, 2.05) is 12.1 Å². The van der Waals surface area contributed by atoms with E-state index >= 15 is 0 Å². The van der Waals surface area contributed by atoms with E-state index in [-0.39, 0.29) is 11.2 Å². The summed E-state index contributed by atoms with van der Waals surface area (Å²) in [5.74, 6) is 0.498. The maximum atomic E-state index is 12.6. The van der Waals surface area contributed by atoms with Crippen molar-refractivity contribution in [1.82, 2.24) is 0 Å². The van der Waals surface area contributed by atoms with E-state index in [1.54, 1.807) is 0 Å². The number of carboxylic acid groups (broad SMARTS) is 1. The van der Waals surface area contributed by atoms with Crippen LogP contribution < -0.4 is 14.6 Å². The molecule has 0 bridgehead atoms. The van der Waals surface area contributed by atoms with E-state index in [0.717, 1.165) is 37.7 Å². The number of carbonyl (C=O) groups is 2. The number of carbonyl (C=O) groups excluding carboxylic acids is 2. The van der Waals surface area contributed by atoms with Gasteiger partial charge in [-0.3, -0.25) is 4.79 Å². The highest BCUT2D eigenvalue weighted by molar-refractivity contribution is 5.87. The topological polar surface area (TPSA) is 146 Å². The number of rotatable bonds is 4. The van der Waals surface area contributed by atoms with E-state index in [1.165, 1.54) is 12.7 Å². The van der Waals surface area contributed by atoms with Gasteiger partial charge in [0.2, 0.25) is 6.29 Å². The number of ketones is 1. The third-order valence-electron chi connectivity index (χ3n) is 8.76. The molecule has 34 heavy (non-hydrogen) atoms. The van der Waals surface area contributed by atoms with Crippen molar-refractivity contribution >= 4 is 11.8 Å². The molecule has 0 radical (unpaired) electrons. The first-order valence-corrected chi connectivity index (χ1v) is 12.0. The molecule has 4 aliphatic rings. The molecule has 3 aliphatic carbocycles. The maximum Gasteiger partial charge on any atom is 0.229 e. The molecule has 1 aromatic rings. The van der Waals surface area contributed by atoms with Gasteiger partial charge in [0.1, 0.15) is 30.2 Å². The lowest BCUT2D eigenvalue weighted by molar-refractivity contribution is -0.342. The predicted octanol–water partition coefficient (Wildman–Crippen LogP) is 0.0567. The van der Waals surface area contributed by atoms with E-state index in [4.69, 9.17) is 14.2 Å². The molecular weight excluding hydrogens is 444 g/mol. The summed E-state index contributed by atoms with van der Waals surface area (Å²) in [4.78, 5) is 23.9. The molecule has 2 saturated carbocycles. The minimum atomic E-state index is -1.85. The van der Waals surface area contributed by atoms with Gasteiger partial charge in [0.05, 0.1) is 13.1 Å². The molecule has 1 aromatic carbocycles. The van der Waals surface area contributed by atoms with Crippen molar-refractivity contribution in [2.24, 2.45) is 17.3 Å². The van der Waals surface area contributed by atoms with Gasteiger partial charge in [0.25, 0.3) is 0 Å². The summed E-state index contributed by atoms with van der Waals surface area (Å²) in [6.45, 7) is 2.14. The number of benzene rings is 1. The monoisotopic (exact) mass is 475 g/mol. The highest BCUT2D eigenvalue weighted by Crippen LogP contribution is 2.60. The highest BCUT2D eigenvalue weighted by atomic mass is 16.7. The van der Waals surface area contributed by atoms with Crippen LogP contribution in [0.1, 0.15) is 56.1 Å². The van der Waals surface area contributed by atoms with E-state index < -0.39 is 36.7 Å². The van der Waals surface area contributed by atoms with Crippen molar-refractivity contribution < 1.29 is 44.2 Å². The highest BCUT2D eigenvalue weighted by Gasteiger charge is 2.54. The molecule has 0 spiro atoms. The number of methoxy groups -OCH3 is 1. The predicted molar refractivity (Wildman–Crippen MR) is 115 cm³/mol. The molecule has 186 valence electrons. The Morgan fingerprint density at radius 3 is 2.56 bits per heavy atom. The van der Waals surface area contributed by atoms with Crippen LogP contribution in [-0.4, -0.2) is 64.9 Å². The number of aliphatic carboxylic acids is 1. The van der Waals surface area contributed by atoms with Crippen molar-refractivity contribution in [3.63, 3.8) is 0 Å². The number of aliphatic hydroxyl groups excluding tert-OH is 3. The van der Waals surface area contributed by atoms with Gasteiger partial charge >= 0.3 is 0 Å². The molecule has 3 fully saturated rings. The maximum absolute atomic E-state index is 12.6. The summed E-state index contributed by atoms with van der Waals surface area (Å²) < 4.78 is 16.6. The molecule has 1 heterocycles. The second-order valence-electron chi connectivity index (χ2n) is 10.4. The fourth-order valence-electron chi connectivity index (χ4n) is 6.87. The Balaban J connectivity index is 1.42. The summed E-state index contributed by atoms with van der Waals surface area (Å²) >= 11 is 0. The van der Waals surface area contributed by atoms with Crippen LogP contribution in [-0.2, 0) is 20.7 Å². The molecule has 1 aliphatic heterocycles. The lowest BCUT2D eigenvalue weighted by Gasteiger charge is -2.48. The zero-order valence-corrected chi connectivity index (χ0v) is 19.3. The number of aryl methyl sites for hydroxylation is 1. The van der Waals surface area contributed by atoms with Crippen molar-refractivity contribution in [2.45, 2.75) is 82.1 Å². The van der Waals surface area contributed by atoms with E-state index in [0.29, 0.717) is 35.7 Å². The molecule has 5 rings (SSSR count). The van der Waals surface area contributed by atoms with Gasteiger partial charge in [0.15, 0.2) is 11.5 Å². The van der Waals surface area contributed by atoms with Gasteiger partial charge in [-0.15, -0.1) is 0 Å². The lowest BCUT2D eigenvalue weighted by Crippen LogP contribution is -2.63. The number of hydrogen-bond donors (Lipinski definition) is 3. The molecule has 0 unspecified atom stereocenters. The number of ether oxygens (including phenoxy) is 3. The average Bonchev–Trinajstić information content (AvgIpc) is 3.12. The summed E-state index contributed by atoms with van der Waals surface area (Å²) in [5, 5.41) is 41.6. The summed E-state index contributed by atoms with van der Waals surface area (Å²) in [7, 11) is 1.49. The Morgan fingerprint density at radius 2 is 1.85 bits per heavy atom. The normalized spacial score (nSPS) is 41.3. The SMILES string of the molecule is COc1cc2c(cc1O[C@@H]1O[C@H](C(=O)[O-])[C@@H](O)[C@H](O)[C@H]1O)CC[C@@H]1[C@@H]2CC[C@]2(C)C(=O)CC[C@@H]12. The Hall–Kier alpha value is -2.20. The van der Waals surface area contributed by atoms with Crippen LogP contribution in [0.25, 0.3) is 0 Å². The van der Waals surface area contributed by atoms with Gasteiger partial charge in [-0.05, 0) is 73.1 Å². The van der Waals surface area contributed by atoms with Crippen molar-refractivity contribution in [3.8, 4) is 11.5 Å². The number of fused-ring (bicyclic) bond motifs is 5. The Kier molecular flexibility index (Phi) is 5.87. The van der Waals surface area contributed by atoms with Gasteiger partial charge in [-0.1, -0.05) is 6.92 Å². The molecule has 9 nitrogen and oxygen atoms in total. The minimum absolute atomic E-state index is 0.207. The van der Waals surface area contributed by atoms with Gasteiger partial charge in [-0.2, -0.15) is 0 Å². The van der Waals surface area contributed by atoms with E-state index in [9.17, 15) is 30.0 Å². The smallest absolute Gasteiger partial charge is 0.229 e. The molecule has 9 atom stereocenters. The average molecular weight is 476 g/mol. The number of aliphatic hydroxyl groups is 3. The minimum Gasteiger partial charge on any atom is -0.547 e.